The van der Waals surface area contributed by atoms with E-state index >= 15 is 0 Å². The van der Waals surface area contributed by atoms with Gasteiger partial charge >= 0.3 is 5.97 Å². The Kier molecular flexibility index (Phi) is 18.0. The van der Waals surface area contributed by atoms with Crippen molar-refractivity contribution in [2.24, 2.45) is 5.92 Å². The minimum Gasteiger partial charge on any atom is -0.494 e. The van der Waals surface area contributed by atoms with Gasteiger partial charge < -0.3 is 33.7 Å². The molecule has 5 rings (SSSR count). The predicted molar refractivity (Wildman–Crippen MR) is 231 cm³/mol. The van der Waals surface area contributed by atoms with E-state index in [4.69, 9.17) is 23.0 Å². The fourth-order valence-corrected chi connectivity index (χ4v) is 8.06. The summed E-state index contributed by atoms with van der Waals surface area (Å²) in [5, 5.41) is 6.94. The third kappa shape index (κ3) is 13.3. The summed E-state index contributed by atoms with van der Waals surface area (Å²) in [5.41, 5.74) is 2.67. The van der Waals surface area contributed by atoms with Gasteiger partial charge in [0.05, 0.1) is 38.4 Å². The number of halogens is 1. The largest absolute Gasteiger partial charge is 0.494 e. The van der Waals surface area contributed by atoms with E-state index < -0.39 is 43.9 Å². The predicted octanol–water partition coefficient (Wildman–Crippen LogP) is 9.17. The molecule has 1 heterocycles. The van der Waals surface area contributed by atoms with Gasteiger partial charge in [-0.3, -0.25) is 14.4 Å². The van der Waals surface area contributed by atoms with E-state index in [1.807, 2.05) is 92.7 Å². The fourth-order valence-electron chi connectivity index (χ4n) is 6.68. The van der Waals surface area contributed by atoms with Crippen LogP contribution < -0.4 is 20.7 Å². The SMILES string of the molecule is CCCCCC(C(=O)NCNC(=O)c1ccc(-c2cc(OCC)cc(P(OCc3ccccc3)OCc3ccccc3)c2)o1)C(CC)N(C=O)OC(=O)c1c(C)cccc1F. The van der Waals surface area contributed by atoms with Crippen molar-refractivity contribution in [1.29, 1.82) is 0 Å². The first-order chi connectivity index (χ1) is 29.6. The lowest BCUT2D eigenvalue weighted by molar-refractivity contribution is -0.171. The number of carbonyl (C=O) groups excluding carboxylic acids is 4. The van der Waals surface area contributed by atoms with Gasteiger partial charge in [0.25, 0.3) is 5.91 Å². The van der Waals surface area contributed by atoms with Crippen LogP contribution in [0.1, 0.15) is 90.5 Å². The van der Waals surface area contributed by atoms with Crippen LogP contribution in [0.4, 0.5) is 4.39 Å². The van der Waals surface area contributed by atoms with Gasteiger partial charge in [-0.1, -0.05) is 106 Å². The quantitative estimate of drug-likeness (QED) is 0.0204. The molecule has 0 radical (unpaired) electrons. The van der Waals surface area contributed by atoms with Crippen LogP contribution in [-0.2, 0) is 36.7 Å². The van der Waals surface area contributed by atoms with E-state index in [1.54, 1.807) is 26.0 Å². The van der Waals surface area contributed by atoms with Crippen molar-refractivity contribution in [3.05, 3.63) is 143 Å². The van der Waals surface area contributed by atoms with Crippen LogP contribution in [0.15, 0.2) is 114 Å². The van der Waals surface area contributed by atoms with Crippen LogP contribution in [0.25, 0.3) is 11.3 Å². The summed E-state index contributed by atoms with van der Waals surface area (Å²) in [5.74, 6) is -2.71. The molecule has 0 saturated carbocycles. The van der Waals surface area contributed by atoms with Crippen LogP contribution in [0, 0.1) is 18.7 Å². The van der Waals surface area contributed by atoms with Crippen molar-refractivity contribution in [2.75, 3.05) is 13.3 Å². The molecule has 2 unspecified atom stereocenters. The lowest BCUT2D eigenvalue weighted by atomic mass is 9.90. The molecule has 0 spiro atoms. The first kappa shape index (κ1) is 46.2. The number of amides is 3. The smallest absolute Gasteiger partial charge is 0.366 e. The average molecular weight is 854 g/mol. The zero-order valence-corrected chi connectivity index (χ0v) is 35.8. The Morgan fingerprint density at radius 2 is 1.52 bits per heavy atom. The standard InChI is InChI=1S/C47H53FN3O9P/c1-5-8-11-22-39(41(6-2)51(32-52)60-47(55)44-33(4)17-16-23-40(44)48)45(53)49-31-50-46(54)43-25-24-42(59-43)36-26-37(56-7-3)28-38(27-36)61(57-29-34-18-12-9-13-19-34)58-30-35-20-14-10-15-21-35/h9-10,12-21,23-28,32,39,41H,5-8,11,22,29-31H2,1-4H3,(H,49,53)(H,50,54). The van der Waals surface area contributed by atoms with Gasteiger partial charge in [0.1, 0.15) is 22.9 Å². The highest BCUT2D eigenvalue weighted by Gasteiger charge is 2.34. The second-order valence-electron chi connectivity index (χ2n) is 14.2. The summed E-state index contributed by atoms with van der Waals surface area (Å²) in [6, 6.07) is 31.7. The molecule has 1 aromatic heterocycles. The van der Waals surface area contributed by atoms with E-state index in [-0.39, 0.29) is 24.4 Å². The van der Waals surface area contributed by atoms with Gasteiger partial charge in [0.15, 0.2) is 5.76 Å². The zero-order valence-electron chi connectivity index (χ0n) is 34.9. The Morgan fingerprint density at radius 3 is 2.13 bits per heavy atom. The molecule has 3 amide bonds. The molecule has 14 heteroatoms. The summed E-state index contributed by atoms with van der Waals surface area (Å²) in [6.07, 6.45) is 3.31. The zero-order chi connectivity index (χ0) is 43.6. The first-order valence-corrected chi connectivity index (χ1v) is 21.6. The number of furan rings is 1. The van der Waals surface area contributed by atoms with Gasteiger partial charge in [0.2, 0.25) is 20.7 Å². The van der Waals surface area contributed by atoms with Gasteiger partial charge in [-0.05, 0) is 79.8 Å². The van der Waals surface area contributed by atoms with E-state index in [1.165, 1.54) is 12.1 Å². The Labute approximate surface area is 357 Å². The molecule has 322 valence electrons. The normalized spacial score (nSPS) is 12.0. The van der Waals surface area contributed by atoms with Crippen molar-refractivity contribution in [1.82, 2.24) is 15.7 Å². The van der Waals surface area contributed by atoms with Crippen LogP contribution in [0.5, 0.6) is 5.75 Å². The molecule has 0 aliphatic heterocycles. The number of ether oxygens (including phenoxy) is 1. The van der Waals surface area contributed by atoms with Gasteiger partial charge in [0, 0.05) is 10.9 Å². The highest BCUT2D eigenvalue weighted by Crippen LogP contribution is 2.42. The van der Waals surface area contributed by atoms with E-state index in [0.717, 1.165) is 40.4 Å². The molecule has 5 aromatic rings. The number of benzene rings is 4. The number of hydroxylamine groups is 2. The fraction of sp³-hybridized carbons (Fsp3) is 0.319. The second-order valence-corrected chi connectivity index (χ2v) is 15.7. The Bertz CT molecular complexity index is 2120. The number of carbonyl (C=O) groups is 4. The van der Waals surface area contributed by atoms with Gasteiger partial charge in [-0.15, -0.1) is 0 Å². The van der Waals surface area contributed by atoms with Crippen molar-refractivity contribution in [3.8, 4) is 17.1 Å². The molecule has 0 fully saturated rings. The van der Waals surface area contributed by atoms with Crippen LogP contribution in [0.3, 0.4) is 0 Å². The number of hydrogen-bond acceptors (Lipinski definition) is 9. The second kappa shape index (κ2) is 23.8. The van der Waals surface area contributed by atoms with Crippen LogP contribution >= 0.6 is 8.38 Å². The topological polar surface area (TPSA) is 146 Å². The Morgan fingerprint density at radius 1 is 0.836 bits per heavy atom. The average Bonchev–Trinajstić information content (AvgIpc) is 3.77. The third-order valence-corrected chi connectivity index (χ3v) is 11.2. The third-order valence-electron chi connectivity index (χ3n) is 9.80. The molecule has 4 aromatic carbocycles. The molecular formula is C47H53FN3O9P. The summed E-state index contributed by atoms with van der Waals surface area (Å²) in [6.45, 7) is 8.03. The highest BCUT2D eigenvalue weighted by atomic mass is 31.2. The van der Waals surface area contributed by atoms with Crippen molar-refractivity contribution >= 4 is 37.9 Å². The maximum absolute atomic E-state index is 14.6. The number of nitrogens with zero attached hydrogens (tertiary/aromatic N) is 1. The van der Waals surface area contributed by atoms with Crippen LogP contribution in [-0.4, -0.2) is 48.6 Å². The maximum Gasteiger partial charge on any atom is 0.366 e. The number of unbranched alkanes of at least 4 members (excludes halogenated alkanes) is 2. The summed E-state index contributed by atoms with van der Waals surface area (Å²) < 4.78 is 39.3. The number of nitrogens with one attached hydrogen (secondary N) is 2. The van der Waals surface area contributed by atoms with E-state index in [2.05, 4.69) is 10.6 Å². The number of aryl methyl sites for hydroxylation is 1. The molecule has 12 nitrogen and oxygen atoms in total. The van der Waals surface area contributed by atoms with E-state index in [9.17, 15) is 23.6 Å². The lowest BCUT2D eigenvalue weighted by Crippen LogP contribution is -2.49. The monoisotopic (exact) mass is 853 g/mol. The number of rotatable bonds is 24. The maximum atomic E-state index is 14.6. The van der Waals surface area contributed by atoms with Crippen molar-refractivity contribution in [2.45, 2.75) is 79.1 Å². The summed E-state index contributed by atoms with van der Waals surface area (Å²) in [4.78, 5) is 57.7. The first-order valence-electron chi connectivity index (χ1n) is 20.4. The Balaban J connectivity index is 1.28. The molecule has 0 bridgehead atoms. The van der Waals surface area contributed by atoms with Gasteiger partial charge in [-0.25, -0.2) is 9.18 Å². The number of hydrogen-bond donors (Lipinski definition) is 2. The molecular weight excluding hydrogens is 801 g/mol. The molecule has 2 atom stereocenters. The molecule has 2 N–H and O–H groups in total. The lowest BCUT2D eigenvalue weighted by Gasteiger charge is -2.32. The van der Waals surface area contributed by atoms with E-state index in [0.29, 0.717) is 61.7 Å². The molecule has 61 heavy (non-hydrogen) atoms. The summed E-state index contributed by atoms with van der Waals surface area (Å²) >= 11 is 0. The van der Waals surface area contributed by atoms with Gasteiger partial charge in [-0.2, -0.15) is 5.06 Å². The van der Waals surface area contributed by atoms with Crippen LogP contribution in [0.2, 0.25) is 0 Å². The molecule has 0 aliphatic carbocycles. The molecule has 0 saturated heterocycles. The minimum atomic E-state index is -1.60. The van der Waals surface area contributed by atoms with Crippen molar-refractivity contribution < 1.29 is 46.6 Å². The summed E-state index contributed by atoms with van der Waals surface area (Å²) in [7, 11) is -1.60. The highest BCUT2D eigenvalue weighted by molar-refractivity contribution is 7.56. The Hall–Kier alpha value is -5.88. The molecule has 0 aliphatic rings. The minimum absolute atomic E-state index is 0.00365. The van der Waals surface area contributed by atoms with Crippen molar-refractivity contribution in [3.63, 3.8) is 0 Å².